The van der Waals surface area contributed by atoms with Crippen molar-refractivity contribution >= 4 is 22.4 Å². The highest BCUT2D eigenvalue weighted by atomic mass is 32.1. The average molecular weight is 240 g/mol. The second-order valence-electron chi connectivity index (χ2n) is 4.61. The molecule has 1 aromatic heterocycles. The third kappa shape index (κ3) is 2.15. The zero-order valence-corrected chi connectivity index (χ0v) is 11.0. The van der Waals surface area contributed by atoms with Crippen molar-refractivity contribution in [3.8, 4) is 0 Å². The molecule has 16 heavy (non-hydrogen) atoms. The van der Waals surface area contributed by atoms with Crippen LogP contribution in [0.3, 0.4) is 0 Å². The zero-order chi connectivity index (χ0) is 11.7. The summed E-state index contributed by atoms with van der Waals surface area (Å²) in [7, 11) is 0. The predicted octanol–water partition coefficient (Wildman–Crippen LogP) is 1.56. The van der Waals surface area contributed by atoms with Gasteiger partial charge in [-0.2, -0.15) is 4.37 Å². The van der Waals surface area contributed by atoms with Crippen molar-refractivity contribution in [3.63, 3.8) is 0 Å². The SMILES string of the molecule is Cc1c(N)nsc1N1CCN(C(C)C)CC1. The van der Waals surface area contributed by atoms with E-state index in [-0.39, 0.29) is 0 Å². The summed E-state index contributed by atoms with van der Waals surface area (Å²) in [6, 6.07) is 0.648. The molecule has 5 heteroatoms. The first-order valence-electron chi connectivity index (χ1n) is 5.80. The van der Waals surface area contributed by atoms with E-state index in [9.17, 15) is 0 Å². The van der Waals surface area contributed by atoms with Crippen LogP contribution < -0.4 is 10.6 Å². The average Bonchev–Trinajstić information content (AvgIpc) is 2.60. The van der Waals surface area contributed by atoms with Crippen LogP contribution in [0.25, 0.3) is 0 Å². The molecule has 1 aromatic rings. The van der Waals surface area contributed by atoms with E-state index in [1.54, 1.807) is 0 Å². The summed E-state index contributed by atoms with van der Waals surface area (Å²) in [5, 5.41) is 1.25. The molecule has 0 amide bonds. The second kappa shape index (κ2) is 4.59. The van der Waals surface area contributed by atoms with E-state index in [2.05, 4.69) is 34.9 Å². The topological polar surface area (TPSA) is 45.4 Å². The van der Waals surface area contributed by atoms with E-state index in [0.717, 1.165) is 31.7 Å². The van der Waals surface area contributed by atoms with Crippen LogP contribution in [0.1, 0.15) is 19.4 Å². The Kier molecular flexibility index (Phi) is 3.35. The third-order valence-corrected chi connectivity index (χ3v) is 4.29. The number of aromatic nitrogens is 1. The van der Waals surface area contributed by atoms with Gasteiger partial charge >= 0.3 is 0 Å². The summed E-state index contributed by atoms with van der Waals surface area (Å²) < 4.78 is 4.21. The minimum absolute atomic E-state index is 0.648. The molecule has 0 radical (unpaired) electrons. The molecular weight excluding hydrogens is 220 g/mol. The maximum Gasteiger partial charge on any atom is 0.142 e. The van der Waals surface area contributed by atoms with Gasteiger partial charge in [0, 0.05) is 37.8 Å². The fraction of sp³-hybridized carbons (Fsp3) is 0.727. The number of rotatable bonds is 2. The van der Waals surface area contributed by atoms with Gasteiger partial charge in [0.05, 0.1) is 0 Å². The number of nitrogen functional groups attached to an aromatic ring is 1. The molecule has 2 heterocycles. The van der Waals surface area contributed by atoms with Crippen LogP contribution in [-0.2, 0) is 0 Å². The molecule has 1 fully saturated rings. The molecule has 4 nitrogen and oxygen atoms in total. The van der Waals surface area contributed by atoms with Crippen LogP contribution in [0.2, 0.25) is 0 Å². The number of piperazine rings is 1. The molecule has 1 aliphatic heterocycles. The van der Waals surface area contributed by atoms with E-state index >= 15 is 0 Å². The van der Waals surface area contributed by atoms with Crippen molar-refractivity contribution < 1.29 is 0 Å². The molecular formula is C11H20N4S. The smallest absolute Gasteiger partial charge is 0.142 e. The van der Waals surface area contributed by atoms with E-state index in [4.69, 9.17) is 5.73 Å². The highest BCUT2D eigenvalue weighted by molar-refractivity contribution is 7.10. The lowest BCUT2D eigenvalue weighted by Crippen LogP contribution is -2.48. The van der Waals surface area contributed by atoms with Crippen LogP contribution in [0, 0.1) is 6.92 Å². The van der Waals surface area contributed by atoms with Crippen LogP contribution in [-0.4, -0.2) is 41.5 Å². The van der Waals surface area contributed by atoms with Gasteiger partial charge in [0.25, 0.3) is 0 Å². The molecule has 0 bridgehead atoms. The minimum Gasteiger partial charge on any atom is -0.383 e. The Balaban J connectivity index is 2.02. The van der Waals surface area contributed by atoms with Gasteiger partial charge in [0.1, 0.15) is 10.8 Å². The van der Waals surface area contributed by atoms with Crippen molar-refractivity contribution in [1.29, 1.82) is 0 Å². The van der Waals surface area contributed by atoms with Gasteiger partial charge < -0.3 is 10.6 Å². The Morgan fingerprint density at radius 3 is 2.31 bits per heavy atom. The molecule has 0 unspecified atom stereocenters. The Morgan fingerprint density at radius 1 is 1.25 bits per heavy atom. The highest BCUT2D eigenvalue weighted by Crippen LogP contribution is 2.30. The number of anilines is 2. The molecule has 1 saturated heterocycles. The lowest BCUT2D eigenvalue weighted by atomic mass is 10.2. The summed E-state index contributed by atoms with van der Waals surface area (Å²) in [5.74, 6) is 0.686. The van der Waals surface area contributed by atoms with Gasteiger partial charge in [-0.25, -0.2) is 0 Å². The lowest BCUT2D eigenvalue weighted by molar-refractivity contribution is 0.209. The fourth-order valence-electron chi connectivity index (χ4n) is 2.08. The predicted molar refractivity (Wildman–Crippen MR) is 70.2 cm³/mol. The van der Waals surface area contributed by atoms with E-state index in [0.29, 0.717) is 11.9 Å². The molecule has 2 rings (SSSR count). The van der Waals surface area contributed by atoms with Gasteiger partial charge in [-0.05, 0) is 32.3 Å². The van der Waals surface area contributed by atoms with Crippen molar-refractivity contribution in [2.45, 2.75) is 26.8 Å². The Morgan fingerprint density at radius 2 is 1.88 bits per heavy atom. The maximum atomic E-state index is 5.79. The monoisotopic (exact) mass is 240 g/mol. The van der Waals surface area contributed by atoms with Gasteiger partial charge in [0.15, 0.2) is 0 Å². The first kappa shape index (κ1) is 11.7. The van der Waals surface area contributed by atoms with Crippen LogP contribution in [0.15, 0.2) is 0 Å². The standard InChI is InChI=1S/C11H20N4S/c1-8(2)14-4-6-15(7-5-14)11-9(3)10(12)13-16-11/h8H,4-7H2,1-3H3,(H2,12,13). The number of nitrogens with two attached hydrogens (primary N) is 1. The zero-order valence-electron chi connectivity index (χ0n) is 10.2. The van der Waals surface area contributed by atoms with E-state index in [1.165, 1.54) is 16.5 Å². The summed E-state index contributed by atoms with van der Waals surface area (Å²) in [6.07, 6.45) is 0. The summed E-state index contributed by atoms with van der Waals surface area (Å²) in [4.78, 5) is 4.92. The lowest BCUT2D eigenvalue weighted by Gasteiger charge is -2.37. The molecule has 0 saturated carbocycles. The normalized spacial score (nSPS) is 18.4. The Hall–Kier alpha value is -0.810. The largest absolute Gasteiger partial charge is 0.383 e. The van der Waals surface area contributed by atoms with Crippen molar-refractivity contribution in [3.05, 3.63) is 5.56 Å². The Bertz CT molecular complexity index is 353. The van der Waals surface area contributed by atoms with Crippen LogP contribution >= 0.6 is 11.5 Å². The van der Waals surface area contributed by atoms with Crippen molar-refractivity contribution in [2.75, 3.05) is 36.8 Å². The number of hydrogen-bond donors (Lipinski definition) is 1. The van der Waals surface area contributed by atoms with E-state index < -0.39 is 0 Å². The first-order valence-corrected chi connectivity index (χ1v) is 6.57. The number of hydrogen-bond acceptors (Lipinski definition) is 5. The van der Waals surface area contributed by atoms with Gasteiger partial charge in [-0.3, -0.25) is 4.90 Å². The van der Waals surface area contributed by atoms with Crippen molar-refractivity contribution in [2.24, 2.45) is 0 Å². The highest BCUT2D eigenvalue weighted by Gasteiger charge is 2.21. The fourth-order valence-corrected chi connectivity index (χ4v) is 2.94. The molecule has 2 N–H and O–H groups in total. The van der Waals surface area contributed by atoms with Crippen LogP contribution in [0.4, 0.5) is 10.8 Å². The quantitative estimate of drug-likeness (QED) is 0.852. The molecule has 0 aliphatic carbocycles. The van der Waals surface area contributed by atoms with Gasteiger partial charge in [0.2, 0.25) is 0 Å². The maximum absolute atomic E-state index is 5.79. The Labute approximate surface area is 101 Å². The van der Waals surface area contributed by atoms with Gasteiger partial charge in [-0.15, -0.1) is 0 Å². The number of nitrogens with zero attached hydrogens (tertiary/aromatic N) is 3. The van der Waals surface area contributed by atoms with Gasteiger partial charge in [-0.1, -0.05) is 0 Å². The molecule has 0 aromatic carbocycles. The van der Waals surface area contributed by atoms with Crippen molar-refractivity contribution in [1.82, 2.24) is 9.27 Å². The molecule has 0 atom stereocenters. The second-order valence-corrected chi connectivity index (χ2v) is 5.37. The first-order chi connectivity index (χ1) is 7.59. The molecule has 0 spiro atoms. The summed E-state index contributed by atoms with van der Waals surface area (Å²) in [5.41, 5.74) is 6.93. The third-order valence-electron chi connectivity index (χ3n) is 3.27. The molecule has 90 valence electrons. The summed E-state index contributed by atoms with van der Waals surface area (Å²) in [6.45, 7) is 11.0. The molecule has 1 aliphatic rings. The van der Waals surface area contributed by atoms with E-state index in [1.807, 2.05) is 0 Å². The summed E-state index contributed by atoms with van der Waals surface area (Å²) >= 11 is 1.52. The minimum atomic E-state index is 0.648. The van der Waals surface area contributed by atoms with Crippen LogP contribution in [0.5, 0.6) is 0 Å².